The second kappa shape index (κ2) is 8.57. The summed E-state index contributed by atoms with van der Waals surface area (Å²) in [4.78, 5) is 26.0. The zero-order valence-corrected chi connectivity index (χ0v) is 19.2. The van der Waals surface area contributed by atoms with E-state index in [9.17, 15) is 13.2 Å². The van der Waals surface area contributed by atoms with Crippen molar-refractivity contribution in [3.8, 4) is 0 Å². The molecule has 0 saturated carbocycles. The number of carbonyl (C=O) groups excluding carboxylic acids is 1. The molecule has 2 aromatic heterocycles. The molecule has 0 unspecified atom stereocenters. The summed E-state index contributed by atoms with van der Waals surface area (Å²) < 4.78 is 26.4. The van der Waals surface area contributed by atoms with Crippen molar-refractivity contribution in [3.63, 3.8) is 0 Å². The number of piperidine rings is 2. The molecule has 2 aliphatic heterocycles. The molecule has 0 atom stereocenters. The second-order valence-electron chi connectivity index (χ2n) is 8.80. The molecule has 10 heteroatoms. The molecule has 0 spiro atoms. The van der Waals surface area contributed by atoms with E-state index >= 15 is 0 Å². The third-order valence-electron chi connectivity index (χ3n) is 6.34. The van der Waals surface area contributed by atoms with E-state index < -0.39 is 9.84 Å². The first-order valence-electron chi connectivity index (χ1n) is 10.8. The van der Waals surface area contributed by atoms with Crippen molar-refractivity contribution in [2.24, 2.45) is 13.0 Å². The van der Waals surface area contributed by atoms with E-state index in [2.05, 4.69) is 21.9 Å². The highest BCUT2D eigenvalue weighted by atomic mass is 32.2. The first kappa shape index (κ1) is 21.7. The molecule has 31 heavy (non-hydrogen) atoms. The van der Waals surface area contributed by atoms with Gasteiger partial charge in [-0.1, -0.05) is 6.92 Å². The van der Waals surface area contributed by atoms with Crippen LogP contribution in [0, 0.1) is 5.92 Å². The highest BCUT2D eigenvalue weighted by Gasteiger charge is 2.31. The van der Waals surface area contributed by atoms with Gasteiger partial charge in [-0.3, -0.25) is 9.48 Å². The van der Waals surface area contributed by atoms with Crippen LogP contribution < -0.4 is 4.90 Å². The molecular weight excluding hydrogens is 416 g/mol. The Bertz CT molecular complexity index is 1050. The van der Waals surface area contributed by atoms with Crippen LogP contribution in [-0.4, -0.2) is 71.4 Å². The van der Waals surface area contributed by atoms with E-state index in [1.54, 1.807) is 28.9 Å². The minimum Gasteiger partial charge on any atom is -0.341 e. The van der Waals surface area contributed by atoms with E-state index in [0.717, 1.165) is 25.9 Å². The van der Waals surface area contributed by atoms with Crippen molar-refractivity contribution < 1.29 is 13.2 Å². The van der Waals surface area contributed by atoms with Gasteiger partial charge < -0.3 is 9.80 Å². The Morgan fingerprint density at radius 2 is 1.77 bits per heavy atom. The summed E-state index contributed by atoms with van der Waals surface area (Å²) in [6.45, 7) is 5.11. The summed E-state index contributed by atoms with van der Waals surface area (Å²) in [6.07, 6.45) is 7.92. The molecule has 0 radical (unpaired) electrons. The van der Waals surface area contributed by atoms with Gasteiger partial charge in [0.2, 0.25) is 5.95 Å². The predicted molar refractivity (Wildman–Crippen MR) is 117 cm³/mol. The van der Waals surface area contributed by atoms with Crippen molar-refractivity contribution in [1.29, 1.82) is 0 Å². The number of nitrogens with zero attached hydrogens (tertiary/aromatic N) is 6. The van der Waals surface area contributed by atoms with Crippen molar-refractivity contribution in [2.75, 3.05) is 37.3 Å². The lowest BCUT2D eigenvalue weighted by molar-refractivity contribution is 0.0704. The normalized spacial score (nSPS) is 19.1. The Kier molecular flexibility index (Phi) is 6.00. The van der Waals surface area contributed by atoms with Crippen molar-refractivity contribution in [1.82, 2.24) is 24.6 Å². The number of amides is 1. The maximum absolute atomic E-state index is 12.7. The summed E-state index contributed by atoms with van der Waals surface area (Å²) in [6, 6.07) is 1.71. The molecule has 0 N–H and O–H groups in total. The van der Waals surface area contributed by atoms with Crippen LogP contribution in [-0.2, 0) is 16.9 Å². The second-order valence-corrected chi connectivity index (χ2v) is 10.8. The van der Waals surface area contributed by atoms with Crippen LogP contribution in [0.1, 0.15) is 54.7 Å². The molecule has 0 bridgehead atoms. The summed E-state index contributed by atoms with van der Waals surface area (Å²) in [7, 11) is -1.66. The zero-order chi connectivity index (χ0) is 22.2. The summed E-state index contributed by atoms with van der Waals surface area (Å²) in [5.74, 6) is 1.18. The van der Waals surface area contributed by atoms with E-state index in [1.807, 2.05) is 0 Å². The topological polar surface area (TPSA) is 101 Å². The van der Waals surface area contributed by atoms with Crippen LogP contribution in [0.5, 0.6) is 0 Å². The maximum Gasteiger partial charge on any atom is 0.274 e. The van der Waals surface area contributed by atoms with Crippen LogP contribution in [0.4, 0.5) is 5.95 Å². The number of hydrogen-bond acceptors (Lipinski definition) is 7. The van der Waals surface area contributed by atoms with Crippen molar-refractivity contribution in [3.05, 3.63) is 29.8 Å². The maximum atomic E-state index is 12.7. The third kappa shape index (κ3) is 4.73. The first-order valence-corrected chi connectivity index (χ1v) is 12.7. The number of rotatable bonds is 4. The molecule has 0 aliphatic carbocycles. The predicted octanol–water partition coefficient (Wildman–Crippen LogP) is 1.87. The number of hydrogen-bond donors (Lipinski definition) is 0. The number of aromatic nitrogens is 4. The van der Waals surface area contributed by atoms with Gasteiger partial charge in [0.05, 0.1) is 11.9 Å². The number of likely N-dealkylation sites (tertiary alicyclic amines) is 1. The standard InChI is InChI=1S/C21H30N6O3S/c1-15-4-10-27(11-5-15)21-22-14-18(31(3,29)30)19(23-21)16-6-12-26(13-7-16)20(28)17-8-9-25(2)24-17/h8-9,14-16H,4-7,10-13H2,1-3H3. The minimum atomic E-state index is -3.45. The number of sulfone groups is 1. The van der Waals surface area contributed by atoms with E-state index in [4.69, 9.17) is 4.98 Å². The average Bonchev–Trinajstić information content (AvgIpc) is 3.19. The number of carbonyl (C=O) groups is 1. The zero-order valence-electron chi connectivity index (χ0n) is 18.4. The third-order valence-corrected chi connectivity index (χ3v) is 7.45. The van der Waals surface area contributed by atoms with Crippen LogP contribution >= 0.6 is 0 Å². The Morgan fingerprint density at radius 1 is 1.10 bits per heavy atom. The van der Waals surface area contributed by atoms with E-state index in [1.165, 1.54) is 12.5 Å². The van der Waals surface area contributed by atoms with Crippen LogP contribution in [0.15, 0.2) is 23.4 Å². The molecule has 168 valence electrons. The van der Waals surface area contributed by atoms with Gasteiger partial charge in [0, 0.05) is 51.6 Å². The quantitative estimate of drug-likeness (QED) is 0.706. The first-order chi connectivity index (χ1) is 14.7. The fourth-order valence-corrected chi connectivity index (χ4v) is 5.20. The van der Waals surface area contributed by atoms with Crippen LogP contribution in [0.25, 0.3) is 0 Å². The van der Waals surface area contributed by atoms with Gasteiger partial charge in [-0.05, 0) is 37.7 Å². The molecule has 2 aliphatic rings. The monoisotopic (exact) mass is 446 g/mol. The lowest BCUT2D eigenvalue weighted by Crippen LogP contribution is -2.39. The van der Waals surface area contributed by atoms with Gasteiger partial charge >= 0.3 is 0 Å². The van der Waals surface area contributed by atoms with Gasteiger partial charge in [-0.2, -0.15) is 5.10 Å². The number of anilines is 1. The molecule has 4 heterocycles. The Morgan fingerprint density at radius 3 is 2.35 bits per heavy atom. The molecule has 2 saturated heterocycles. The molecule has 0 aromatic carbocycles. The fourth-order valence-electron chi connectivity index (χ4n) is 4.36. The van der Waals surface area contributed by atoms with Crippen LogP contribution in [0.2, 0.25) is 0 Å². The smallest absolute Gasteiger partial charge is 0.274 e. The molecule has 2 aromatic rings. The highest BCUT2D eigenvalue weighted by Crippen LogP contribution is 2.33. The lowest BCUT2D eigenvalue weighted by atomic mass is 9.93. The molecule has 9 nitrogen and oxygen atoms in total. The van der Waals surface area contributed by atoms with E-state index in [-0.39, 0.29) is 16.7 Å². The van der Waals surface area contributed by atoms with E-state index in [0.29, 0.717) is 49.2 Å². The summed E-state index contributed by atoms with van der Waals surface area (Å²) >= 11 is 0. The minimum absolute atomic E-state index is 0.0250. The summed E-state index contributed by atoms with van der Waals surface area (Å²) in [5.41, 5.74) is 1.03. The van der Waals surface area contributed by atoms with Crippen LogP contribution in [0.3, 0.4) is 0 Å². The molecular formula is C21H30N6O3S. The Hall–Kier alpha value is -2.49. The van der Waals surface area contributed by atoms with Gasteiger partial charge in [0.25, 0.3) is 5.91 Å². The fraction of sp³-hybridized carbons (Fsp3) is 0.619. The SMILES string of the molecule is CC1CCN(c2ncc(S(C)(=O)=O)c(C3CCN(C(=O)c4ccn(C)n4)CC3)n2)CC1. The van der Waals surface area contributed by atoms with Gasteiger partial charge in [0.15, 0.2) is 9.84 Å². The highest BCUT2D eigenvalue weighted by molar-refractivity contribution is 7.90. The van der Waals surface area contributed by atoms with Crippen molar-refractivity contribution >= 4 is 21.7 Å². The lowest BCUT2D eigenvalue weighted by Gasteiger charge is -2.33. The molecule has 4 rings (SSSR count). The largest absolute Gasteiger partial charge is 0.341 e. The number of aryl methyl sites for hydroxylation is 1. The Balaban J connectivity index is 1.54. The molecule has 2 fully saturated rings. The Labute approximate surface area is 183 Å². The van der Waals surface area contributed by atoms with Gasteiger partial charge in [-0.25, -0.2) is 18.4 Å². The average molecular weight is 447 g/mol. The molecule has 1 amide bonds. The summed E-state index contributed by atoms with van der Waals surface area (Å²) in [5, 5.41) is 4.20. The van der Waals surface area contributed by atoms with Gasteiger partial charge in [-0.15, -0.1) is 0 Å². The van der Waals surface area contributed by atoms with Crippen molar-refractivity contribution in [2.45, 2.75) is 43.4 Å². The van der Waals surface area contributed by atoms with Gasteiger partial charge in [0.1, 0.15) is 10.6 Å².